The van der Waals surface area contributed by atoms with Crippen LogP contribution in [0.15, 0.2) is 36.7 Å². The molecular weight excluding hydrogens is 352 g/mol. The molecule has 1 aliphatic carbocycles. The summed E-state index contributed by atoms with van der Waals surface area (Å²) in [5, 5.41) is 12.6. The average Bonchev–Trinajstić information content (AvgIpc) is 3.07. The topological polar surface area (TPSA) is 72.7 Å². The monoisotopic (exact) mass is 371 g/mol. The third kappa shape index (κ3) is 3.79. The number of rotatable bonds is 3. The van der Waals surface area contributed by atoms with E-state index in [1.807, 2.05) is 24.4 Å². The summed E-state index contributed by atoms with van der Waals surface area (Å²) in [6.07, 6.45) is 3.42. The zero-order valence-corrected chi connectivity index (χ0v) is 14.8. The minimum atomic E-state index is -2.64. The number of aromatic nitrogens is 4. The quantitative estimate of drug-likeness (QED) is 0.760. The normalized spacial score (nSPS) is 17.1. The van der Waals surface area contributed by atoms with E-state index >= 15 is 0 Å². The molecule has 0 unspecified atom stereocenters. The molecule has 2 aromatic heterocycles. The molecule has 1 N–H and O–H groups in total. The lowest BCUT2D eigenvalue weighted by molar-refractivity contribution is -0.124. The van der Waals surface area contributed by atoms with Crippen molar-refractivity contribution in [1.29, 1.82) is 0 Å². The van der Waals surface area contributed by atoms with E-state index in [9.17, 15) is 13.6 Å². The highest BCUT2D eigenvalue weighted by atomic mass is 19.3. The summed E-state index contributed by atoms with van der Waals surface area (Å²) < 4.78 is 28.2. The molecular formula is C19H19F2N5O. The van der Waals surface area contributed by atoms with Crippen LogP contribution in [-0.4, -0.2) is 31.8 Å². The van der Waals surface area contributed by atoms with Crippen LogP contribution in [0.5, 0.6) is 0 Å². The molecule has 2 heterocycles. The number of hydrogen-bond acceptors (Lipinski definition) is 4. The summed E-state index contributed by atoms with van der Waals surface area (Å²) >= 11 is 0. The number of carbonyl (C=O) groups excluding carboxylic acids is 1. The first kappa shape index (κ1) is 17.5. The number of benzene rings is 1. The van der Waals surface area contributed by atoms with E-state index in [4.69, 9.17) is 0 Å². The zero-order chi connectivity index (χ0) is 19.0. The second-order valence-corrected chi connectivity index (χ2v) is 7.03. The Hall–Kier alpha value is -2.90. The van der Waals surface area contributed by atoms with E-state index in [0.29, 0.717) is 5.82 Å². The van der Waals surface area contributed by atoms with Gasteiger partial charge in [0.15, 0.2) is 0 Å². The number of carbonyl (C=O) groups is 1. The Labute approximate surface area is 154 Å². The fourth-order valence-electron chi connectivity index (χ4n) is 3.38. The number of aryl methyl sites for hydroxylation is 1. The van der Waals surface area contributed by atoms with Gasteiger partial charge in [-0.3, -0.25) is 9.48 Å². The van der Waals surface area contributed by atoms with Crippen LogP contribution >= 0.6 is 0 Å². The number of fused-ring (bicyclic) bond motifs is 1. The number of nitrogens with one attached hydrogen (secondary N) is 1. The van der Waals surface area contributed by atoms with Gasteiger partial charge in [-0.05, 0) is 30.4 Å². The van der Waals surface area contributed by atoms with E-state index in [0.717, 1.165) is 22.0 Å². The highest BCUT2D eigenvalue weighted by Gasteiger charge is 2.37. The minimum absolute atomic E-state index is 0.198. The van der Waals surface area contributed by atoms with Crippen LogP contribution < -0.4 is 5.32 Å². The lowest BCUT2D eigenvalue weighted by Crippen LogP contribution is -2.32. The van der Waals surface area contributed by atoms with Crippen LogP contribution in [0.3, 0.4) is 0 Å². The zero-order valence-electron chi connectivity index (χ0n) is 14.8. The minimum Gasteiger partial charge on any atom is -0.310 e. The summed E-state index contributed by atoms with van der Waals surface area (Å²) in [6, 6.07) is 7.61. The fraction of sp³-hybridized carbons (Fsp3) is 0.368. The van der Waals surface area contributed by atoms with Crippen molar-refractivity contribution in [3.05, 3.63) is 36.7 Å². The molecule has 3 aromatic rings. The number of pyridine rings is 1. The Morgan fingerprint density at radius 3 is 2.70 bits per heavy atom. The molecule has 1 amide bonds. The number of hydrogen-bond donors (Lipinski definition) is 1. The van der Waals surface area contributed by atoms with Crippen LogP contribution in [0, 0.1) is 5.92 Å². The van der Waals surface area contributed by atoms with E-state index in [2.05, 4.69) is 20.6 Å². The molecule has 140 valence electrons. The second-order valence-electron chi connectivity index (χ2n) is 7.03. The van der Waals surface area contributed by atoms with Crippen molar-refractivity contribution in [3.63, 3.8) is 0 Å². The lowest BCUT2D eigenvalue weighted by atomic mass is 9.86. The van der Waals surface area contributed by atoms with Crippen molar-refractivity contribution in [1.82, 2.24) is 20.0 Å². The molecule has 1 fully saturated rings. The Morgan fingerprint density at radius 1 is 1.22 bits per heavy atom. The van der Waals surface area contributed by atoms with E-state index in [-0.39, 0.29) is 31.6 Å². The molecule has 0 saturated heterocycles. The molecule has 8 heteroatoms. The first-order chi connectivity index (χ1) is 12.9. The largest absolute Gasteiger partial charge is 0.310 e. The van der Waals surface area contributed by atoms with Crippen molar-refractivity contribution in [2.24, 2.45) is 13.0 Å². The molecule has 1 aromatic carbocycles. The number of alkyl halides is 2. The van der Waals surface area contributed by atoms with Gasteiger partial charge in [0.2, 0.25) is 11.8 Å². The molecule has 4 rings (SSSR count). The predicted molar refractivity (Wildman–Crippen MR) is 97.3 cm³/mol. The van der Waals surface area contributed by atoms with Crippen molar-refractivity contribution in [2.45, 2.75) is 31.6 Å². The fourth-order valence-corrected chi connectivity index (χ4v) is 3.38. The molecule has 1 saturated carbocycles. The number of nitrogens with zero attached hydrogens (tertiary/aromatic N) is 4. The van der Waals surface area contributed by atoms with Gasteiger partial charge in [0.25, 0.3) is 0 Å². The molecule has 6 nitrogen and oxygen atoms in total. The van der Waals surface area contributed by atoms with Crippen LogP contribution in [0.1, 0.15) is 25.7 Å². The maximum absolute atomic E-state index is 13.3. The predicted octanol–water partition coefficient (Wildman–Crippen LogP) is 3.79. The van der Waals surface area contributed by atoms with E-state index in [1.165, 1.54) is 0 Å². The van der Waals surface area contributed by atoms with Gasteiger partial charge in [-0.2, -0.15) is 0 Å². The van der Waals surface area contributed by atoms with Gasteiger partial charge in [0.05, 0.1) is 6.20 Å². The summed E-state index contributed by atoms with van der Waals surface area (Å²) in [4.78, 5) is 16.7. The van der Waals surface area contributed by atoms with Crippen LogP contribution in [0.4, 0.5) is 14.6 Å². The second kappa shape index (κ2) is 6.68. The highest BCUT2D eigenvalue weighted by molar-refractivity contribution is 5.95. The van der Waals surface area contributed by atoms with Gasteiger partial charge in [-0.1, -0.05) is 17.3 Å². The smallest absolute Gasteiger partial charge is 0.248 e. The van der Waals surface area contributed by atoms with E-state index in [1.54, 1.807) is 24.0 Å². The number of amides is 1. The molecule has 0 aliphatic heterocycles. The molecule has 0 bridgehead atoms. The van der Waals surface area contributed by atoms with Gasteiger partial charge in [-0.25, -0.2) is 13.8 Å². The van der Waals surface area contributed by atoms with E-state index < -0.39 is 11.8 Å². The molecule has 27 heavy (non-hydrogen) atoms. The van der Waals surface area contributed by atoms with Crippen molar-refractivity contribution in [3.8, 4) is 11.3 Å². The SMILES string of the molecule is Cn1cc(-c2ccc3cnc(NC(=O)C4CCC(F)(F)CC4)cc3c2)nn1. The van der Waals surface area contributed by atoms with Crippen LogP contribution in [0.2, 0.25) is 0 Å². The third-order valence-corrected chi connectivity index (χ3v) is 4.96. The third-order valence-electron chi connectivity index (χ3n) is 4.96. The standard InChI is InChI=1S/C19H19F2N5O/c1-26-11-16(24-25-26)13-2-3-14-10-22-17(9-15(14)8-13)23-18(27)12-4-6-19(20,21)7-5-12/h2-3,8-12H,4-7H2,1H3,(H,22,23,27). The number of anilines is 1. The van der Waals surface area contributed by atoms with Crippen LogP contribution in [-0.2, 0) is 11.8 Å². The maximum Gasteiger partial charge on any atom is 0.248 e. The lowest BCUT2D eigenvalue weighted by Gasteiger charge is -2.27. The molecule has 1 aliphatic rings. The van der Waals surface area contributed by atoms with Gasteiger partial charge >= 0.3 is 0 Å². The first-order valence-corrected chi connectivity index (χ1v) is 8.85. The van der Waals surface area contributed by atoms with Gasteiger partial charge < -0.3 is 5.32 Å². The average molecular weight is 371 g/mol. The molecule has 0 radical (unpaired) electrons. The summed E-state index contributed by atoms with van der Waals surface area (Å²) in [5.74, 6) is -2.87. The Morgan fingerprint density at radius 2 is 2.00 bits per heavy atom. The number of halogens is 2. The molecule has 0 spiro atoms. The molecule has 0 atom stereocenters. The highest BCUT2D eigenvalue weighted by Crippen LogP contribution is 2.36. The maximum atomic E-state index is 13.3. The van der Waals surface area contributed by atoms with Crippen molar-refractivity contribution < 1.29 is 13.6 Å². The van der Waals surface area contributed by atoms with Crippen molar-refractivity contribution in [2.75, 3.05) is 5.32 Å². The summed E-state index contributed by atoms with van der Waals surface area (Å²) in [6.45, 7) is 0. The summed E-state index contributed by atoms with van der Waals surface area (Å²) in [7, 11) is 1.80. The Balaban J connectivity index is 1.53. The first-order valence-electron chi connectivity index (χ1n) is 8.85. The van der Waals surface area contributed by atoms with Crippen molar-refractivity contribution >= 4 is 22.5 Å². The van der Waals surface area contributed by atoms with Gasteiger partial charge in [-0.15, -0.1) is 5.10 Å². The van der Waals surface area contributed by atoms with Crippen LogP contribution in [0.25, 0.3) is 22.0 Å². The van der Waals surface area contributed by atoms with Gasteiger partial charge in [0, 0.05) is 43.0 Å². The Bertz CT molecular complexity index is 991. The Kier molecular flexibility index (Phi) is 4.33. The van der Waals surface area contributed by atoms with Gasteiger partial charge in [0.1, 0.15) is 11.5 Å². The summed E-state index contributed by atoms with van der Waals surface area (Å²) in [5.41, 5.74) is 1.67.